The lowest BCUT2D eigenvalue weighted by Gasteiger charge is -2.12. The minimum absolute atomic E-state index is 0.00401. The van der Waals surface area contributed by atoms with Gasteiger partial charge in [0.25, 0.3) is 15.9 Å². The average Bonchev–Trinajstić information content (AvgIpc) is 3.08. The number of rotatable bonds is 9. The summed E-state index contributed by atoms with van der Waals surface area (Å²) in [5.74, 6) is 0.877. The van der Waals surface area contributed by atoms with Crippen molar-refractivity contribution in [3.05, 3.63) is 58.0 Å². The summed E-state index contributed by atoms with van der Waals surface area (Å²) in [6.07, 6.45) is 3.65. The number of benzene rings is 2. The average molecular weight is 509 g/mol. The number of unbranched alkanes of at least 4 members (excludes halogenated alkanes) is 1. The number of amides is 1. The van der Waals surface area contributed by atoms with Crippen LogP contribution in [0.2, 0.25) is 5.02 Å². The van der Waals surface area contributed by atoms with Crippen molar-refractivity contribution in [1.82, 2.24) is 4.90 Å². The Balaban J connectivity index is 1.89. The van der Waals surface area contributed by atoms with E-state index in [4.69, 9.17) is 21.1 Å². The minimum Gasteiger partial charge on any atom is -0.493 e. The molecule has 1 heterocycles. The first-order valence-corrected chi connectivity index (χ1v) is 13.0. The fourth-order valence-electron chi connectivity index (χ4n) is 2.99. The number of carbonyl (C=O) groups excluding carboxylic acids is 1. The molecule has 1 saturated heterocycles. The first-order valence-electron chi connectivity index (χ1n) is 10.4. The molecule has 0 radical (unpaired) electrons. The lowest BCUT2D eigenvalue weighted by atomic mass is 10.2. The van der Waals surface area contributed by atoms with E-state index in [-0.39, 0.29) is 22.5 Å². The van der Waals surface area contributed by atoms with Crippen LogP contribution < -0.4 is 9.47 Å². The number of hydrogen-bond donors (Lipinski definition) is 0. The Labute approximate surface area is 203 Å². The molecule has 1 amide bonds. The maximum absolute atomic E-state index is 12.9. The number of sulfonamides is 1. The maximum Gasteiger partial charge on any atom is 0.284 e. The predicted molar refractivity (Wildman–Crippen MR) is 132 cm³/mol. The van der Waals surface area contributed by atoms with Gasteiger partial charge in [-0.25, -0.2) is 0 Å². The molecule has 0 saturated carbocycles. The van der Waals surface area contributed by atoms with E-state index in [1.54, 1.807) is 32.2 Å². The third-order valence-electron chi connectivity index (χ3n) is 4.75. The van der Waals surface area contributed by atoms with Gasteiger partial charge in [-0.2, -0.15) is 8.42 Å². The fourth-order valence-corrected chi connectivity index (χ4v) is 5.36. The summed E-state index contributed by atoms with van der Waals surface area (Å²) in [4.78, 5) is 14.6. The van der Waals surface area contributed by atoms with E-state index < -0.39 is 10.0 Å². The number of ether oxygens (including phenoxy) is 2. The van der Waals surface area contributed by atoms with Crippen LogP contribution in [0.3, 0.4) is 0 Å². The Morgan fingerprint density at radius 1 is 1.12 bits per heavy atom. The largest absolute Gasteiger partial charge is 0.493 e. The van der Waals surface area contributed by atoms with Crippen molar-refractivity contribution in [2.75, 3.05) is 20.3 Å². The molecule has 3 rings (SSSR count). The van der Waals surface area contributed by atoms with Gasteiger partial charge < -0.3 is 9.47 Å². The summed E-state index contributed by atoms with van der Waals surface area (Å²) in [5.41, 5.74) is 0.725. The Morgan fingerprint density at radius 3 is 2.48 bits per heavy atom. The molecular weight excluding hydrogens is 484 g/mol. The quantitative estimate of drug-likeness (QED) is 0.341. The zero-order chi connectivity index (χ0) is 24.0. The lowest BCUT2D eigenvalue weighted by molar-refractivity contribution is -0.122. The van der Waals surface area contributed by atoms with E-state index in [1.165, 1.54) is 29.2 Å². The van der Waals surface area contributed by atoms with Gasteiger partial charge in [-0.3, -0.25) is 9.69 Å². The highest BCUT2D eigenvalue weighted by Gasteiger charge is 2.34. The van der Waals surface area contributed by atoms with Gasteiger partial charge in [-0.15, -0.1) is 4.40 Å². The normalized spacial score (nSPS) is 16.6. The highest BCUT2D eigenvalue weighted by molar-refractivity contribution is 8.19. The highest BCUT2D eigenvalue weighted by Crippen LogP contribution is 2.35. The molecule has 0 aromatic heterocycles. The van der Waals surface area contributed by atoms with Crippen LogP contribution in [0.4, 0.5) is 0 Å². The van der Waals surface area contributed by atoms with Crippen LogP contribution in [-0.4, -0.2) is 44.7 Å². The van der Waals surface area contributed by atoms with Crippen LogP contribution in [0, 0.1) is 0 Å². The molecule has 0 unspecified atom stereocenters. The molecule has 1 fully saturated rings. The molecular formula is C23H25ClN2O5S2. The number of carbonyl (C=O) groups is 1. The maximum atomic E-state index is 12.9. The molecule has 0 N–H and O–H groups in total. The van der Waals surface area contributed by atoms with E-state index >= 15 is 0 Å². The number of hydrogen-bond acceptors (Lipinski definition) is 6. The van der Waals surface area contributed by atoms with Crippen LogP contribution in [0.15, 0.2) is 56.7 Å². The number of nitrogens with zero attached hydrogens (tertiary/aromatic N) is 2. The Hall–Kier alpha value is -2.49. The number of amidine groups is 1. The third kappa shape index (κ3) is 6.10. The van der Waals surface area contributed by atoms with Crippen molar-refractivity contribution < 1.29 is 22.7 Å². The van der Waals surface area contributed by atoms with Crippen molar-refractivity contribution in [1.29, 1.82) is 0 Å². The number of halogens is 1. The molecule has 33 heavy (non-hydrogen) atoms. The monoisotopic (exact) mass is 508 g/mol. The molecule has 176 valence electrons. The van der Waals surface area contributed by atoms with Gasteiger partial charge in [-0.1, -0.05) is 31.0 Å². The smallest absolute Gasteiger partial charge is 0.284 e. The van der Waals surface area contributed by atoms with Crippen LogP contribution in [0.5, 0.6) is 11.5 Å². The third-order valence-corrected chi connectivity index (χ3v) is 7.41. The second kappa shape index (κ2) is 11.1. The molecule has 10 heteroatoms. The van der Waals surface area contributed by atoms with Gasteiger partial charge in [0, 0.05) is 11.6 Å². The molecule has 0 aliphatic carbocycles. The van der Waals surface area contributed by atoms with Crippen molar-refractivity contribution >= 4 is 50.5 Å². The zero-order valence-electron chi connectivity index (χ0n) is 18.6. The van der Waals surface area contributed by atoms with Crippen LogP contribution in [-0.2, 0) is 14.8 Å². The second-order valence-corrected chi connectivity index (χ2v) is 10.1. The van der Waals surface area contributed by atoms with Gasteiger partial charge in [0.2, 0.25) is 0 Å². The number of likely N-dealkylation sites (N-methyl/N-ethyl adjacent to an activating group) is 1. The molecule has 1 aliphatic rings. The fraction of sp³-hybridized carbons (Fsp3) is 0.304. The van der Waals surface area contributed by atoms with Crippen LogP contribution >= 0.6 is 23.4 Å². The molecule has 2 aromatic carbocycles. The van der Waals surface area contributed by atoms with Crippen molar-refractivity contribution in [3.63, 3.8) is 0 Å². The standard InChI is InChI=1S/C23H25ClN2O5S2/c1-4-6-13-31-19-12-7-16(14-20(19)30-3)15-21-22(27)26(5-2)23(32-21)25-33(28,29)18-10-8-17(24)9-11-18/h7-12,14-15H,4-6,13H2,1-3H3/b21-15-,25-23?. The van der Waals surface area contributed by atoms with Gasteiger partial charge in [0.1, 0.15) is 0 Å². The number of thioether (sulfide) groups is 1. The Morgan fingerprint density at radius 2 is 1.85 bits per heavy atom. The van der Waals surface area contributed by atoms with Gasteiger partial charge in [-0.05, 0) is 73.1 Å². The summed E-state index contributed by atoms with van der Waals surface area (Å²) in [6.45, 7) is 4.72. The lowest BCUT2D eigenvalue weighted by Crippen LogP contribution is -2.29. The summed E-state index contributed by atoms with van der Waals surface area (Å²) >= 11 is 6.86. The second-order valence-electron chi connectivity index (χ2n) is 7.08. The molecule has 0 bridgehead atoms. The summed E-state index contributed by atoms with van der Waals surface area (Å²) in [7, 11) is -2.44. The molecule has 1 aliphatic heterocycles. The van der Waals surface area contributed by atoms with E-state index in [9.17, 15) is 13.2 Å². The van der Waals surface area contributed by atoms with Crippen LogP contribution in [0.25, 0.3) is 6.08 Å². The molecule has 0 atom stereocenters. The van der Waals surface area contributed by atoms with Crippen LogP contribution in [0.1, 0.15) is 32.3 Å². The summed E-state index contributed by atoms with van der Waals surface area (Å²) < 4.78 is 40.6. The number of methoxy groups -OCH3 is 1. The molecule has 2 aromatic rings. The van der Waals surface area contributed by atoms with E-state index in [0.29, 0.717) is 28.0 Å². The topological polar surface area (TPSA) is 85.3 Å². The molecule has 0 spiro atoms. The van der Waals surface area contributed by atoms with Gasteiger partial charge in [0.15, 0.2) is 16.7 Å². The van der Waals surface area contributed by atoms with Crippen molar-refractivity contribution in [2.45, 2.75) is 31.6 Å². The Bertz CT molecular complexity index is 1180. The zero-order valence-corrected chi connectivity index (χ0v) is 21.0. The predicted octanol–water partition coefficient (Wildman–Crippen LogP) is 5.21. The van der Waals surface area contributed by atoms with Crippen molar-refractivity contribution in [3.8, 4) is 11.5 Å². The van der Waals surface area contributed by atoms with Gasteiger partial charge in [0.05, 0.1) is 23.5 Å². The van der Waals surface area contributed by atoms with E-state index in [0.717, 1.165) is 30.2 Å². The highest BCUT2D eigenvalue weighted by atomic mass is 35.5. The summed E-state index contributed by atoms with van der Waals surface area (Å²) in [5, 5.41) is 0.528. The Kier molecular flexibility index (Phi) is 8.45. The SMILES string of the molecule is CCCCOc1ccc(/C=C2\SC(=NS(=O)(=O)c3ccc(Cl)cc3)N(CC)C2=O)cc1OC. The molecule has 7 nitrogen and oxygen atoms in total. The summed E-state index contributed by atoms with van der Waals surface area (Å²) in [6, 6.07) is 11.1. The van der Waals surface area contributed by atoms with E-state index in [1.807, 2.05) is 6.07 Å². The first-order chi connectivity index (χ1) is 15.8. The first kappa shape index (κ1) is 25.1. The van der Waals surface area contributed by atoms with Crippen molar-refractivity contribution in [2.24, 2.45) is 4.40 Å². The van der Waals surface area contributed by atoms with Gasteiger partial charge >= 0.3 is 0 Å². The van der Waals surface area contributed by atoms with E-state index in [2.05, 4.69) is 11.3 Å². The minimum atomic E-state index is -4.00.